The molecule has 0 radical (unpaired) electrons. The number of hydrogen-bond acceptors (Lipinski definition) is 3. The fourth-order valence-corrected chi connectivity index (χ4v) is 2.48. The van der Waals surface area contributed by atoms with Gasteiger partial charge in [0.1, 0.15) is 5.76 Å². The van der Waals surface area contributed by atoms with Crippen LogP contribution < -0.4 is 5.32 Å². The van der Waals surface area contributed by atoms with Crippen LogP contribution in [0, 0.1) is 0 Å². The van der Waals surface area contributed by atoms with Gasteiger partial charge in [-0.1, -0.05) is 12.8 Å². The zero-order chi connectivity index (χ0) is 13.7. The summed E-state index contributed by atoms with van der Waals surface area (Å²) in [6, 6.07) is 2.20. The van der Waals surface area contributed by atoms with Crippen LogP contribution in [0.25, 0.3) is 0 Å². The van der Waals surface area contributed by atoms with E-state index in [-0.39, 0.29) is 5.54 Å². The highest BCUT2D eigenvalue weighted by molar-refractivity contribution is 5.13. The zero-order valence-corrected chi connectivity index (χ0v) is 12.7. The van der Waals surface area contributed by atoms with Gasteiger partial charge in [0.25, 0.3) is 0 Å². The minimum Gasteiger partial charge on any atom is -0.468 e. The lowest BCUT2D eigenvalue weighted by Crippen LogP contribution is -2.34. The summed E-state index contributed by atoms with van der Waals surface area (Å²) >= 11 is 0. The quantitative estimate of drug-likeness (QED) is 0.901. The van der Waals surface area contributed by atoms with Crippen LogP contribution in [-0.4, -0.2) is 23.5 Å². The Hall–Kier alpha value is -0.800. The van der Waals surface area contributed by atoms with Gasteiger partial charge in [0.2, 0.25) is 0 Å². The normalized spacial score (nSPS) is 18.5. The summed E-state index contributed by atoms with van der Waals surface area (Å²) in [7, 11) is 0. The number of nitrogens with zero attached hydrogens (tertiary/aromatic N) is 1. The molecule has 1 fully saturated rings. The van der Waals surface area contributed by atoms with Crippen molar-refractivity contribution in [3.05, 3.63) is 23.7 Å². The number of rotatable bonds is 4. The van der Waals surface area contributed by atoms with Gasteiger partial charge in [-0.3, -0.25) is 4.90 Å². The fraction of sp³-hybridized carbons (Fsp3) is 0.750. The van der Waals surface area contributed by atoms with Crippen LogP contribution in [0.4, 0.5) is 0 Å². The Morgan fingerprint density at radius 1 is 1.16 bits per heavy atom. The molecule has 19 heavy (non-hydrogen) atoms. The van der Waals surface area contributed by atoms with E-state index in [2.05, 4.69) is 37.1 Å². The first-order chi connectivity index (χ1) is 9.03. The summed E-state index contributed by atoms with van der Waals surface area (Å²) in [6.45, 7) is 10.8. The average molecular weight is 264 g/mol. The lowest BCUT2D eigenvalue weighted by atomic mass is 10.1. The third-order valence-corrected chi connectivity index (χ3v) is 3.61. The minimum absolute atomic E-state index is 0.155. The molecule has 0 aliphatic carbocycles. The molecule has 1 aromatic heterocycles. The van der Waals surface area contributed by atoms with Crippen molar-refractivity contribution in [1.82, 2.24) is 10.2 Å². The monoisotopic (exact) mass is 264 g/mol. The highest BCUT2D eigenvalue weighted by Gasteiger charge is 2.13. The average Bonchev–Trinajstić information content (AvgIpc) is 2.61. The molecule has 0 unspecified atom stereocenters. The van der Waals surface area contributed by atoms with Gasteiger partial charge in [-0.25, -0.2) is 0 Å². The van der Waals surface area contributed by atoms with Gasteiger partial charge >= 0.3 is 0 Å². The summed E-state index contributed by atoms with van der Waals surface area (Å²) in [5, 5.41) is 3.49. The molecule has 1 aliphatic rings. The molecule has 1 aromatic rings. The van der Waals surface area contributed by atoms with E-state index in [1.807, 2.05) is 6.26 Å². The van der Waals surface area contributed by atoms with Crippen molar-refractivity contribution in [3.63, 3.8) is 0 Å². The molecule has 108 valence electrons. The predicted molar refractivity (Wildman–Crippen MR) is 79.0 cm³/mol. The van der Waals surface area contributed by atoms with Crippen molar-refractivity contribution >= 4 is 0 Å². The third-order valence-electron chi connectivity index (χ3n) is 3.61. The minimum atomic E-state index is 0.155. The third kappa shape index (κ3) is 5.37. The van der Waals surface area contributed by atoms with Gasteiger partial charge in [-0.15, -0.1) is 0 Å². The molecule has 2 rings (SSSR count). The second kappa shape index (κ2) is 6.58. The van der Waals surface area contributed by atoms with Crippen LogP contribution >= 0.6 is 0 Å². The van der Waals surface area contributed by atoms with Crippen molar-refractivity contribution in [2.24, 2.45) is 0 Å². The van der Waals surface area contributed by atoms with Gasteiger partial charge in [0.15, 0.2) is 0 Å². The Balaban J connectivity index is 1.82. The van der Waals surface area contributed by atoms with E-state index in [0.29, 0.717) is 0 Å². The van der Waals surface area contributed by atoms with Crippen LogP contribution in [0.3, 0.4) is 0 Å². The summed E-state index contributed by atoms with van der Waals surface area (Å²) in [5.41, 5.74) is 1.40. The van der Waals surface area contributed by atoms with E-state index in [4.69, 9.17) is 4.42 Å². The number of likely N-dealkylation sites (tertiary alicyclic amines) is 1. The Labute approximate surface area is 117 Å². The second-order valence-electron chi connectivity index (χ2n) is 6.72. The molecule has 3 heteroatoms. The highest BCUT2D eigenvalue weighted by Crippen LogP contribution is 2.15. The van der Waals surface area contributed by atoms with Crippen molar-refractivity contribution in [2.75, 3.05) is 13.1 Å². The summed E-state index contributed by atoms with van der Waals surface area (Å²) in [6.07, 6.45) is 7.33. The van der Waals surface area contributed by atoms with E-state index >= 15 is 0 Å². The molecule has 0 atom stereocenters. The SMILES string of the molecule is CC(C)(C)NCc1coc(CN2CCCCCC2)c1. The maximum Gasteiger partial charge on any atom is 0.118 e. The first kappa shape index (κ1) is 14.6. The Morgan fingerprint density at radius 2 is 1.84 bits per heavy atom. The first-order valence-corrected chi connectivity index (χ1v) is 7.57. The Morgan fingerprint density at radius 3 is 2.47 bits per heavy atom. The van der Waals surface area contributed by atoms with Crippen LogP contribution in [0.15, 0.2) is 16.7 Å². The molecular weight excluding hydrogens is 236 g/mol. The molecule has 1 aliphatic heterocycles. The van der Waals surface area contributed by atoms with Gasteiger partial charge in [-0.05, 0) is 52.8 Å². The van der Waals surface area contributed by atoms with Gasteiger partial charge in [0, 0.05) is 17.6 Å². The smallest absolute Gasteiger partial charge is 0.118 e. The second-order valence-corrected chi connectivity index (χ2v) is 6.72. The molecule has 1 N–H and O–H groups in total. The Kier molecular flexibility index (Phi) is 5.06. The van der Waals surface area contributed by atoms with E-state index < -0.39 is 0 Å². The zero-order valence-electron chi connectivity index (χ0n) is 12.7. The van der Waals surface area contributed by atoms with Crippen molar-refractivity contribution in [2.45, 2.75) is 65.1 Å². The molecule has 0 saturated carbocycles. The summed E-state index contributed by atoms with van der Waals surface area (Å²) in [5.74, 6) is 1.10. The summed E-state index contributed by atoms with van der Waals surface area (Å²) < 4.78 is 5.69. The van der Waals surface area contributed by atoms with E-state index in [1.54, 1.807) is 0 Å². The molecule has 0 amide bonds. The van der Waals surface area contributed by atoms with E-state index in [0.717, 1.165) is 18.8 Å². The van der Waals surface area contributed by atoms with Gasteiger partial charge in [-0.2, -0.15) is 0 Å². The molecule has 0 aromatic carbocycles. The maximum atomic E-state index is 5.69. The summed E-state index contributed by atoms with van der Waals surface area (Å²) in [4.78, 5) is 2.52. The van der Waals surface area contributed by atoms with Crippen LogP contribution in [-0.2, 0) is 13.1 Å². The van der Waals surface area contributed by atoms with Crippen molar-refractivity contribution in [1.29, 1.82) is 0 Å². The van der Waals surface area contributed by atoms with Crippen molar-refractivity contribution < 1.29 is 4.42 Å². The molecule has 0 bridgehead atoms. The van der Waals surface area contributed by atoms with E-state index in [1.165, 1.54) is 44.3 Å². The van der Waals surface area contributed by atoms with Gasteiger partial charge < -0.3 is 9.73 Å². The highest BCUT2D eigenvalue weighted by atomic mass is 16.3. The largest absolute Gasteiger partial charge is 0.468 e. The number of hydrogen-bond donors (Lipinski definition) is 1. The predicted octanol–water partition coefficient (Wildman–Crippen LogP) is 3.54. The van der Waals surface area contributed by atoms with Crippen LogP contribution in [0.2, 0.25) is 0 Å². The number of nitrogens with one attached hydrogen (secondary N) is 1. The Bertz CT molecular complexity index is 370. The van der Waals surface area contributed by atoms with Gasteiger partial charge in [0.05, 0.1) is 12.8 Å². The lowest BCUT2D eigenvalue weighted by Gasteiger charge is -2.19. The first-order valence-electron chi connectivity index (χ1n) is 7.57. The lowest BCUT2D eigenvalue weighted by molar-refractivity contribution is 0.253. The fourth-order valence-electron chi connectivity index (χ4n) is 2.48. The van der Waals surface area contributed by atoms with Crippen LogP contribution in [0.5, 0.6) is 0 Å². The molecule has 3 nitrogen and oxygen atoms in total. The van der Waals surface area contributed by atoms with E-state index in [9.17, 15) is 0 Å². The molecule has 1 saturated heterocycles. The molecular formula is C16H28N2O. The molecule has 0 spiro atoms. The van der Waals surface area contributed by atoms with Crippen LogP contribution in [0.1, 0.15) is 57.8 Å². The topological polar surface area (TPSA) is 28.4 Å². The number of furan rings is 1. The van der Waals surface area contributed by atoms with Crippen molar-refractivity contribution in [3.8, 4) is 0 Å². The standard InChI is InChI=1S/C16H28N2O/c1-16(2,3)17-11-14-10-15(19-13-14)12-18-8-6-4-5-7-9-18/h10,13,17H,4-9,11-12H2,1-3H3. The maximum absolute atomic E-state index is 5.69. The molecule has 2 heterocycles.